The van der Waals surface area contributed by atoms with Crippen molar-refractivity contribution in [1.29, 1.82) is 0 Å². The fraction of sp³-hybridized carbons (Fsp3) is 0.444. The Morgan fingerprint density at radius 2 is 1.66 bits per heavy atom. The number of ether oxygens (including phenoxy) is 1. The summed E-state index contributed by atoms with van der Waals surface area (Å²) in [4.78, 5) is 50.2. The van der Waals surface area contributed by atoms with Crippen LogP contribution in [-0.2, 0) is 23.9 Å². The molecule has 156 valence electrons. The molecule has 0 aromatic heterocycles. The maximum atomic E-state index is 12.5. The third-order valence-corrected chi connectivity index (χ3v) is 8.33. The molecule has 4 atom stereocenters. The zero-order valence-electron chi connectivity index (χ0n) is 14.9. The predicted molar refractivity (Wildman–Crippen MR) is 114 cm³/mol. The van der Waals surface area contributed by atoms with Crippen molar-refractivity contribution in [2.24, 2.45) is 11.8 Å². The number of hydrogen-bond donors (Lipinski definition) is 1. The summed E-state index contributed by atoms with van der Waals surface area (Å²) in [5.41, 5.74) is 0.392. The van der Waals surface area contributed by atoms with E-state index in [-0.39, 0.29) is 26.5 Å². The van der Waals surface area contributed by atoms with E-state index in [2.05, 4.69) is 37.2 Å². The van der Waals surface area contributed by atoms with E-state index < -0.39 is 36.9 Å². The number of nitrogens with one attached hydrogen (secondary N) is 1. The summed E-state index contributed by atoms with van der Waals surface area (Å²) in [5.74, 6) is -3.05. The third-order valence-electron chi connectivity index (χ3n) is 4.86. The summed E-state index contributed by atoms with van der Waals surface area (Å²) < 4.78 is 4.91. The van der Waals surface area contributed by atoms with Crippen LogP contribution < -0.4 is 5.32 Å². The van der Waals surface area contributed by atoms with E-state index in [1.807, 2.05) is 0 Å². The predicted octanol–water partition coefficient (Wildman–Crippen LogP) is 3.40. The van der Waals surface area contributed by atoms with Gasteiger partial charge in [0.1, 0.15) is 6.54 Å². The van der Waals surface area contributed by atoms with Crippen LogP contribution in [-0.4, -0.2) is 51.4 Å². The second-order valence-electron chi connectivity index (χ2n) is 6.82. The minimum absolute atomic E-state index is 0.0810. The Balaban J connectivity index is 1.51. The first-order valence-electron chi connectivity index (χ1n) is 8.71. The molecule has 0 radical (unpaired) electrons. The Hall–Kier alpha value is -1.16. The molecule has 29 heavy (non-hydrogen) atoms. The molecular weight excluding hydrogens is 555 g/mol. The van der Waals surface area contributed by atoms with Gasteiger partial charge in [0.25, 0.3) is 5.91 Å². The minimum atomic E-state index is -0.833. The molecule has 1 heterocycles. The molecule has 2 aliphatic rings. The topological polar surface area (TPSA) is 92.8 Å². The van der Waals surface area contributed by atoms with Gasteiger partial charge in [0.05, 0.1) is 21.9 Å². The standard InChI is InChI=1S/C18H16Br2Cl2N2O5/c19-11-4-9-10(5-12(11)20)18(28)24(17(9)27)6-16(26)29-7-15(25)23-8-1-2-13(21)14(22)3-8/h1-3,9-12H,4-7H2,(H,23,25)/t9-,10-,11-,12+/m1/s1. The smallest absolute Gasteiger partial charge is 0.326 e. The molecule has 1 aromatic carbocycles. The summed E-state index contributed by atoms with van der Waals surface area (Å²) in [5, 5.41) is 3.12. The van der Waals surface area contributed by atoms with Crippen LogP contribution in [0.3, 0.4) is 0 Å². The largest absolute Gasteiger partial charge is 0.454 e. The first-order chi connectivity index (χ1) is 13.7. The van der Waals surface area contributed by atoms with Gasteiger partial charge in [-0.05, 0) is 31.0 Å². The van der Waals surface area contributed by atoms with Gasteiger partial charge in [-0.1, -0.05) is 55.1 Å². The van der Waals surface area contributed by atoms with Crippen molar-refractivity contribution >= 4 is 84.4 Å². The number of carbonyl (C=O) groups is 4. The van der Waals surface area contributed by atoms with E-state index in [0.717, 1.165) is 4.90 Å². The molecule has 1 saturated heterocycles. The van der Waals surface area contributed by atoms with Gasteiger partial charge in [-0.25, -0.2) is 0 Å². The van der Waals surface area contributed by atoms with E-state index in [1.54, 1.807) is 6.07 Å². The molecule has 1 saturated carbocycles. The number of carbonyl (C=O) groups excluding carboxylic acids is 4. The Kier molecular flexibility index (Phi) is 7.24. The Bertz CT molecular complexity index is 841. The van der Waals surface area contributed by atoms with Crippen LogP contribution >= 0.6 is 55.1 Å². The number of fused-ring (bicyclic) bond motifs is 1. The molecule has 2 fully saturated rings. The van der Waals surface area contributed by atoms with Crippen molar-refractivity contribution in [3.05, 3.63) is 28.2 Å². The molecule has 1 aliphatic heterocycles. The molecule has 0 unspecified atom stereocenters. The third kappa shape index (κ3) is 5.13. The highest BCUT2D eigenvalue weighted by Gasteiger charge is 2.52. The zero-order chi connectivity index (χ0) is 21.3. The van der Waals surface area contributed by atoms with Gasteiger partial charge in [-0.3, -0.25) is 24.1 Å². The number of hydrogen-bond acceptors (Lipinski definition) is 5. The van der Waals surface area contributed by atoms with Crippen molar-refractivity contribution in [3.63, 3.8) is 0 Å². The van der Waals surface area contributed by atoms with Crippen molar-refractivity contribution in [3.8, 4) is 0 Å². The SMILES string of the molecule is O=C(COC(=O)CN1C(=O)[C@@H]2C[C@@H](Br)[C@@H](Br)C[C@H]2C1=O)Nc1ccc(Cl)c(Cl)c1. The van der Waals surface area contributed by atoms with Gasteiger partial charge in [-0.2, -0.15) is 0 Å². The van der Waals surface area contributed by atoms with E-state index in [4.69, 9.17) is 27.9 Å². The maximum Gasteiger partial charge on any atom is 0.326 e. The molecule has 11 heteroatoms. The molecule has 0 spiro atoms. The lowest BCUT2D eigenvalue weighted by atomic mass is 9.81. The van der Waals surface area contributed by atoms with E-state index >= 15 is 0 Å². The van der Waals surface area contributed by atoms with Gasteiger partial charge < -0.3 is 10.1 Å². The van der Waals surface area contributed by atoms with Crippen molar-refractivity contribution < 1.29 is 23.9 Å². The lowest BCUT2D eigenvalue weighted by Gasteiger charge is -2.29. The average Bonchev–Trinajstić information content (AvgIpc) is 2.88. The quantitative estimate of drug-likeness (QED) is 0.333. The van der Waals surface area contributed by atoms with Crippen LogP contribution in [0.5, 0.6) is 0 Å². The summed E-state index contributed by atoms with van der Waals surface area (Å²) in [7, 11) is 0. The highest BCUT2D eigenvalue weighted by atomic mass is 79.9. The molecule has 1 aromatic rings. The van der Waals surface area contributed by atoms with E-state index in [9.17, 15) is 19.2 Å². The average molecular weight is 571 g/mol. The lowest BCUT2D eigenvalue weighted by Crippen LogP contribution is -2.37. The number of nitrogens with zero attached hydrogens (tertiary/aromatic N) is 1. The number of anilines is 1. The normalized spacial score (nSPS) is 26.3. The number of rotatable bonds is 5. The van der Waals surface area contributed by atoms with Gasteiger partial charge >= 0.3 is 5.97 Å². The fourth-order valence-corrected chi connectivity index (χ4v) is 4.95. The van der Waals surface area contributed by atoms with Crippen LogP contribution in [0.15, 0.2) is 18.2 Å². The molecule has 7 nitrogen and oxygen atoms in total. The maximum absolute atomic E-state index is 12.5. The number of likely N-dealkylation sites (tertiary alicyclic amines) is 1. The van der Waals surface area contributed by atoms with Crippen LogP contribution in [0, 0.1) is 11.8 Å². The lowest BCUT2D eigenvalue weighted by molar-refractivity contribution is -0.154. The van der Waals surface area contributed by atoms with E-state index in [1.165, 1.54) is 12.1 Å². The number of esters is 1. The first kappa shape index (κ1) is 22.5. The number of alkyl halides is 2. The molecule has 3 amide bonds. The first-order valence-corrected chi connectivity index (χ1v) is 11.3. The number of amides is 3. The van der Waals surface area contributed by atoms with Crippen LogP contribution in [0.4, 0.5) is 5.69 Å². The van der Waals surface area contributed by atoms with Gasteiger partial charge in [0, 0.05) is 15.3 Å². The second-order valence-corrected chi connectivity index (χ2v) is 9.98. The van der Waals surface area contributed by atoms with Gasteiger partial charge in [0.2, 0.25) is 11.8 Å². The fourth-order valence-electron chi connectivity index (χ4n) is 3.41. The molecule has 0 bridgehead atoms. The number of benzene rings is 1. The summed E-state index contributed by atoms with van der Waals surface area (Å²) in [6.45, 7) is -1.07. The van der Waals surface area contributed by atoms with E-state index in [0.29, 0.717) is 23.6 Å². The van der Waals surface area contributed by atoms with Gasteiger partial charge in [0.15, 0.2) is 6.61 Å². The van der Waals surface area contributed by atoms with Crippen LogP contribution in [0.25, 0.3) is 0 Å². The van der Waals surface area contributed by atoms with Crippen molar-refractivity contribution in [1.82, 2.24) is 4.90 Å². The Morgan fingerprint density at radius 3 is 2.21 bits per heavy atom. The highest BCUT2D eigenvalue weighted by Crippen LogP contribution is 2.43. The number of halogens is 4. The van der Waals surface area contributed by atoms with Crippen molar-refractivity contribution in [2.45, 2.75) is 22.5 Å². The van der Waals surface area contributed by atoms with Crippen LogP contribution in [0.2, 0.25) is 10.0 Å². The van der Waals surface area contributed by atoms with Crippen LogP contribution in [0.1, 0.15) is 12.8 Å². The second kappa shape index (κ2) is 9.32. The molecule has 3 rings (SSSR count). The minimum Gasteiger partial charge on any atom is -0.454 e. The molecule has 1 aliphatic carbocycles. The summed E-state index contributed by atoms with van der Waals surface area (Å²) >= 11 is 18.7. The molecule has 1 N–H and O–H groups in total. The van der Waals surface area contributed by atoms with Crippen molar-refractivity contribution in [2.75, 3.05) is 18.5 Å². The zero-order valence-corrected chi connectivity index (χ0v) is 19.6. The summed E-state index contributed by atoms with van der Waals surface area (Å²) in [6, 6.07) is 4.53. The highest BCUT2D eigenvalue weighted by molar-refractivity contribution is 9.12. The Labute approximate surface area is 193 Å². The summed E-state index contributed by atoms with van der Waals surface area (Å²) in [6.07, 6.45) is 1.03. The Morgan fingerprint density at radius 1 is 1.07 bits per heavy atom. The molecular formula is C18H16Br2Cl2N2O5. The monoisotopic (exact) mass is 568 g/mol. The van der Waals surface area contributed by atoms with Gasteiger partial charge in [-0.15, -0.1) is 0 Å². The number of imide groups is 1.